The minimum absolute atomic E-state index is 0.345. The summed E-state index contributed by atoms with van der Waals surface area (Å²) in [5, 5.41) is 20.8. The minimum Gasteiger partial charge on any atom is -0.479 e. The Bertz CT molecular complexity index is 679. The van der Waals surface area contributed by atoms with E-state index < -0.39 is 11.5 Å². The number of hydrogen-bond acceptors (Lipinski definition) is 4. The first-order valence-corrected chi connectivity index (χ1v) is 6.33. The van der Waals surface area contributed by atoms with Gasteiger partial charge in [0.15, 0.2) is 11.4 Å². The summed E-state index contributed by atoms with van der Waals surface area (Å²) in [6.07, 6.45) is 1.83. The Balaban J connectivity index is 2.13. The van der Waals surface area contributed by atoms with E-state index >= 15 is 0 Å². The molecule has 1 N–H and O–H groups in total. The largest absolute Gasteiger partial charge is 0.479 e. The van der Waals surface area contributed by atoms with Crippen LogP contribution in [0.1, 0.15) is 24.8 Å². The molecule has 2 aromatic rings. The molecule has 0 amide bonds. The molecule has 6 nitrogen and oxygen atoms in total. The molecule has 7 heteroatoms. The minimum atomic E-state index is -1.07. The summed E-state index contributed by atoms with van der Waals surface area (Å²) in [5.74, 6) is -0.913. The van der Waals surface area contributed by atoms with Crippen molar-refractivity contribution in [3.63, 3.8) is 0 Å². The molecule has 1 aromatic carbocycles. The average molecular weight is 276 g/mol. The van der Waals surface area contributed by atoms with Gasteiger partial charge in [-0.2, -0.15) is 0 Å². The summed E-state index contributed by atoms with van der Waals surface area (Å²) >= 11 is 0. The highest BCUT2D eigenvalue weighted by molar-refractivity contribution is 5.79. The highest BCUT2D eigenvalue weighted by atomic mass is 19.1. The van der Waals surface area contributed by atoms with E-state index in [9.17, 15) is 14.3 Å². The van der Waals surface area contributed by atoms with Crippen molar-refractivity contribution in [3.8, 4) is 11.4 Å². The number of aryl methyl sites for hydroxylation is 1. The lowest BCUT2D eigenvalue weighted by Crippen LogP contribution is -2.48. The van der Waals surface area contributed by atoms with Crippen LogP contribution in [0.15, 0.2) is 18.2 Å². The molecule has 0 saturated heterocycles. The van der Waals surface area contributed by atoms with E-state index in [0.717, 1.165) is 6.42 Å². The fourth-order valence-electron chi connectivity index (χ4n) is 2.55. The molecule has 1 heterocycles. The second-order valence-electron chi connectivity index (χ2n) is 5.06. The van der Waals surface area contributed by atoms with Crippen molar-refractivity contribution in [2.45, 2.75) is 31.7 Å². The average Bonchev–Trinajstić information content (AvgIpc) is 2.76. The molecule has 1 aliphatic rings. The lowest BCUT2D eigenvalue weighted by molar-refractivity contribution is -0.153. The van der Waals surface area contributed by atoms with Gasteiger partial charge in [-0.05, 0) is 60.4 Å². The summed E-state index contributed by atoms with van der Waals surface area (Å²) in [6.45, 7) is 1.74. The molecule has 0 unspecified atom stereocenters. The second kappa shape index (κ2) is 4.36. The summed E-state index contributed by atoms with van der Waals surface area (Å²) < 4.78 is 14.5. The Morgan fingerprint density at radius 1 is 1.45 bits per heavy atom. The second-order valence-corrected chi connectivity index (χ2v) is 5.06. The summed E-state index contributed by atoms with van der Waals surface area (Å²) in [5.41, 5.74) is 0.240. The van der Waals surface area contributed by atoms with Crippen LogP contribution in [0.3, 0.4) is 0 Å². The Kier molecular flexibility index (Phi) is 2.77. The maximum atomic E-state index is 13.2. The van der Waals surface area contributed by atoms with E-state index in [-0.39, 0.29) is 5.82 Å². The molecule has 0 aliphatic heterocycles. The first-order valence-electron chi connectivity index (χ1n) is 6.33. The molecular formula is C13H13FN4O2. The van der Waals surface area contributed by atoms with Gasteiger partial charge in [0, 0.05) is 5.56 Å². The maximum Gasteiger partial charge on any atom is 0.331 e. The van der Waals surface area contributed by atoms with Crippen LogP contribution in [-0.4, -0.2) is 31.3 Å². The van der Waals surface area contributed by atoms with E-state index in [1.807, 2.05) is 0 Å². The van der Waals surface area contributed by atoms with Crippen LogP contribution in [0, 0.1) is 12.7 Å². The lowest BCUT2D eigenvalue weighted by atomic mass is 9.76. The van der Waals surface area contributed by atoms with E-state index in [4.69, 9.17) is 0 Å². The fraction of sp³-hybridized carbons (Fsp3) is 0.385. The monoisotopic (exact) mass is 276 g/mol. The van der Waals surface area contributed by atoms with Gasteiger partial charge in [-0.25, -0.2) is 13.9 Å². The van der Waals surface area contributed by atoms with Crippen LogP contribution in [-0.2, 0) is 10.3 Å². The van der Waals surface area contributed by atoms with Gasteiger partial charge in [0.2, 0.25) is 0 Å². The molecule has 0 radical (unpaired) electrons. The van der Waals surface area contributed by atoms with Crippen molar-refractivity contribution in [2.24, 2.45) is 0 Å². The number of halogens is 1. The first-order chi connectivity index (χ1) is 9.54. The number of aliphatic carboxylic acids is 1. The zero-order chi connectivity index (χ0) is 14.3. The number of aromatic nitrogens is 4. The zero-order valence-corrected chi connectivity index (χ0v) is 10.9. The van der Waals surface area contributed by atoms with E-state index in [1.54, 1.807) is 13.0 Å². The third-order valence-electron chi connectivity index (χ3n) is 3.88. The normalized spacial score (nSPS) is 16.7. The number of hydrogen-bond donors (Lipinski definition) is 1. The van der Waals surface area contributed by atoms with Gasteiger partial charge in [-0.15, -0.1) is 5.10 Å². The molecule has 1 saturated carbocycles. The van der Waals surface area contributed by atoms with Gasteiger partial charge in [-0.1, -0.05) is 0 Å². The Labute approximate surface area is 114 Å². The molecule has 1 fully saturated rings. The number of nitrogens with zero attached hydrogens (tertiary/aromatic N) is 4. The van der Waals surface area contributed by atoms with Crippen molar-refractivity contribution < 1.29 is 14.3 Å². The topological polar surface area (TPSA) is 80.9 Å². The Morgan fingerprint density at radius 3 is 2.75 bits per heavy atom. The number of tetrazole rings is 1. The Morgan fingerprint density at radius 2 is 2.20 bits per heavy atom. The van der Waals surface area contributed by atoms with Crippen LogP contribution < -0.4 is 0 Å². The molecule has 104 valence electrons. The van der Waals surface area contributed by atoms with Gasteiger partial charge in [-0.3, -0.25) is 0 Å². The zero-order valence-electron chi connectivity index (χ0n) is 10.9. The summed E-state index contributed by atoms with van der Waals surface area (Å²) in [6, 6.07) is 4.26. The number of carboxylic acid groups (broad SMARTS) is 1. The van der Waals surface area contributed by atoms with Gasteiger partial charge in [0.25, 0.3) is 0 Å². The van der Waals surface area contributed by atoms with Gasteiger partial charge in [0.05, 0.1) is 0 Å². The predicted octanol–water partition coefficient (Wildman–Crippen LogP) is 1.75. The van der Waals surface area contributed by atoms with Crippen LogP contribution in [0.25, 0.3) is 11.4 Å². The van der Waals surface area contributed by atoms with E-state index in [0.29, 0.717) is 29.8 Å². The third-order valence-corrected chi connectivity index (χ3v) is 3.88. The molecule has 1 aromatic heterocycles. The van der Waals surface area contributed by atoms with Crippen LogP contribution in [0.5, 0.6) is 0 Å². The molecular weight excluding hydrogens is 263 g/mol. The summed E-state index contributed by atoms with van der Waals surface area (Å²) in [7, 11) is 0. The molecule has 0 atom stereocenters. The molecule has 0 spiro atoms. The van der Waals surface area contributed by atoms with E-state index in [2.05, 4.69) is 15.5 Å². The number of carbonyl (C=O) groups is 1. The van der Waals surface area contributed by atoms with Crippen LogP contribution in [0.2, 0.25) is 0 Å². The third kappa shape index (κ3) is 1.70. The van der Waals surface area contributed by atoms with E-state index in [1.165, 1.54) is 16.8 Å². The highest BCUT2D eigenvalue weighted by Gasteiger charge is 2.49. The highest BCUT2D eigenvalue weighted by Crippen LogP contribution is 2.41. The van der Waals surface area contributed by atoms with Gasteiger partial charge >= 0.3 is 5.97 Å². The van der Waals surface area contributed by atoms with Crippen molar-refractivity contribution in [1.29, 1.82) is 0 Å². The molecule has 0 bridgehead atoms. The van der Waals surface area contributed by atoms with Crippen LogP contribution in [0.4, 0.5) is 4.39 Å². The van der Waals surface area contributed by atoms with Crippen molar-refractivity contribution in [3.05, 3.63) is 29.6 Å². The van der Waals surface area contributed by atoms with Crippen molar-refractivity contribution >= 4 is 5.97 Å². The molecule has 3 rings (SSSR count). The maximum absolute atomic E-state index is 13.2. The van der Waals surface area contributed by atoms with Crippen LogP contribution >= 0.6 is 0 Å². The van der Waals surface area contributed by atoms with Gasteiger partial charge in [0.1, 0.15) is 5.82 Å². The van der Waals surface area contributed by atoms with Gasteiger partial charge < -0.3 is 5.11 Å². The molecule has 20 heavy (non-hydrogen) atoms. The Hall–Kier alpha value is -2.31. The smallest absolute Gasteiger partial charge is 0.331 e. The van der Waals surface area contributed by atoms with Crippen molar-refractivity contribution in [1.82, 2.24) is 20.2 Å². The number of rotatable bonds is 3. The molecule has 1 aliphatic carbocycles. The van der Waals surface area contributed by atoms with Crippen molar-refractivity contribution in [2.75, 3.05) is 0 Å². The quantitative estimate of drug-likeness (QED) is 0.923. The SMILES string of the molecule is Cc1cc(F)ccc1-c1nnnn1C1(C(=O)O)CCC1. The first kappa shape index (κ1) is 12.7. The standard InChI is InChI=1S/C13H13FN4O2/c1-8-7-9(14)3-4-10(8)11-15-16-17-18(11)13(12(19)20)5-2-6-13/h3-4,7H,2,5-6H2,1H3,(H,19,20). The predicted molar refractivity (Wildman–Crippen MR) is 67.4 cm³/mol. The number of benzene rings is 1. The summed E-state index contributed by atoms with van der Waals surface area (Å²) in [4.78, 5) is 11.5. The fourth-order valence-corrected chi connectivity index (χ4v) is 2.55. The lowest BCUT2D eigenvalue weighted by Gasteiger charge is -2.37. The number of carboxylic acids is 1.